The Morgan fingerprint density at radius 2 is 2.24 bits per heavy atom. The number of rotatable bonds is 4. The maximum atomic E-state index is 13.8. The van der Waals surface area contributed by atoms with Gasteiger partial charge in [-0.3, -0.25) is 0 Å². The van der Waals surface area contributed by atoms with Gasteiger partial charge in [0.15, 0.2) is 0 Å². The van der Waals surface area contributed by atoms with E-state index >= 15 is 0 Å². The summed E-state index contributed by atoms with van der Waals surface area (Å²) < 4.78 is 15.9. The number of halogens is 1. The summed E-state index contributed by atoms with van der Waals surface area (Å²) in [6, 6.07) is 8.06. The summed E-state index contributed by atoms with van der Waals surface area (Å²) in [6.45, 7) is 3.71. The van der Waals surface area contributed by atoms with E-state index in [0.29, 0.717) is 6.04 Å². The molecule has 1 aromatic heterocycles. The molecule has 1 aliphatic rings. The number of benzene rings is 1. The summed E-state index contributed by atoms with van der Waals surface area (Å²) in [5, 5.41) is 4.48. The van der Waals surface area contributed by atoms with Gasteiger partial charge in [0.25, 0.3) is 0 Å². The minimum atomic E-state index is -0.123. The van der Waals surface area contributed by atoms with Gasteiger partial charge in [-0.2, -0.15) is 0 Å². The average Bonchev–Trinajstić information content (AvgIpc) is 3.07. The van der Waals surface area contributed by atoms with Crippen LogP contribution >= 0.6 is 0 Å². The molecule has 1 N–H and O–H groups in total. The van der Waals surface area contributed by atoms with E-state index in [0.717, 1.165) is 24.0 Å². The van der Waals surface area contributed by atoms with Crippen LogP contribution in [0, 0.1) is 5.82 Å². The van der Waals surface area contributed by atoms with Crippen LogP contribution in [-0.2, 0) is 13.1 Å². The number of nitrogens with one attached hydrogen (secondary N) is 1. The Labute approximate surface area is 100 Å². The number of aromatic nitrogens is 1. The Morgan fingerprint density at radius 3 is 2.94 bits per heavy atom. The van der Waals surface area contributed by atoms with Crippen molar-refractivity contribution >= 4 is 10.9 Å². The molecule has 0 aliphatic heterocycles. The first-order chi connectivity index (χ1) is 8.29. The molecule has 0 unspecified atom stereocenters. The van der Waals surface area contributed by atoms with E-state index in [1.807, 2.05) is 6.07 Å². The predicted octanol–water partition coefficient (Wildman–Crippen LogP) is 3.05. The van der Waals surface area contributed by atoms with Gasteiger partial charge in [0.05, 0.1) is 5.52 Å². The third-order valence-electron chi connectivity index (χ3n) is 3.42. The first-order valence-electron chi connectivity index (χ1n) is 6.29. The van der Waals surface area contributed by atoms with Crippen molar-refractivity contribution in [1.82, 2.24) is 9.88 Å². The van der Waals surface area contributed by atoms with Crippen molar-refractivity contribution in [3.63, 3.8) is 0 Å². The van der Waals surface area contributed by atoms with E-state index in [4.69, 9.17) is 0 Å². The zero-order chi connectivity index (χ0) is 11.8. The molecular formula is C14H17FN2. The highest BCUT2D eigenvalue weighted by Crippen LogP contribution is 2.24. The van der Waals surface area contributed by atoms with Crippen LogP contribution in [0.2, 0.25) is 0 Å². The van der Waals surface area contributed by atoms with Crippen molar-refractivity contribution in [3.05, 3.63) is 35.8 Å². The highest BCUT2D eigenvalue weighted by atomic mass is 19.1. The third-order valence-corrected chi connectivity index (χ3v) is 3.42. The fraction of sp³-hybridized carbons (Fsp3) is 0.429. The molecule has 2 nitrogen and oxygen atoms in total. The summed E-state index contributed by atoms with van der Waals surface area (Å²) in [6.07, 6.45) is 2.56. The lowest BCUT2D eigenvalue weighted by Gasteiger charge is -2.08. The van der Waals surface area contributed by atoms with Gasteiger partial charge in [-0.1, -0.05) is 12.1 Å². The molecular weight excluding hydrogens is 215 g/mol. The largest absolute Gasteiger partial charge is 0.341 e. The van der Waals surface area contributed by atoms with Gasteiger partial charge in [-0.15, -0.1) is 0 Å². The molecule has 1 saturated carbocycles. The summed E-state index contributed by atoms with van der Waals surface area (Å²) in [7, 11) is 0. The number of para-hydroxylation sites is 1. The molecule has 1 aromatic carbocycles. The first-order valence-corrected chi connectivity index (χ1v) is 6.29. The summed E-state index contributed by atoms with van der Waals surface area (Å²) in [4.78, 5) is 0. The SMILES string of the molecule is CCn1c(CNC2CC2)cc2cccc(F)c21. The Morgan fingerprint density at radius 1 is 1.41 bits per heavy atom. The van der Waals surface area contributed by atoms with E-state index in [9.17, 15) is 4.39 Å². The Hall–Kier alpha value is -1.35. The second kappa shape index (κ2) is 4.15. The Bertz CT molecular complexity index is 540. The van der Waals surface area contributed by atoms with Crippen LogP contribution < -0.4 is 5.32 Å². The summed E-state index contributed by atoms with van der Waals surface area (Å²) in [5.74, 6) is -0.123. The molecule has 1 fully saturated rings. The molecule has 90 valence electrons. The predicted molar refractivity (Wildman–Crippen MR) is 67.4 cm³/mol. The maximum Gasteiger partial charge on any atom is 0.147 e. The highest BCUT2D eigenvalue weighted by molar-refractivity contribution is 5.81. The van der Waals surface area contributed by atoms with Crippen LogP contribution in [0.4, 0.5) is 4.39 Å². The number of nitrogens with zero attached hydrogens (tertiary/aromatic N) is 1. The van der Waals surface area contributed by atoms with Crippen molar-refractivity contribution in [2.24, 2.45) is 0 Å². The zero-order valence-corrected chi connectivity index (χ0v) is 10.0. The Balaban J connectivity index is 2.01. The monoisotopic (exact) mass is 232 g/mol. The normalized spacial score (nSPS) is 15.6. The minimum absolute atomic E-state index is 0.123. The lowest BCUT2D eigenvalue weighted by molar-refractivity contribution is 0.607. The molecule has 0 spiro atoms. The van der Waals surface area contributed by atoms with Crippen LogP contribution in [0.1, 0.15) is 25.5 Å². The molecule has 0 saturated heterocycles. The molecule has 3 rings (SSSR count). The van der Waals surface area contributed by atoms with E-state index in [-0.39, 0.29) is 5.82 Å². The van der Waals surface area contributed by atoms with E-state index in [1.54, 1.807) is 6.07 Å². The standard InChI is InChI=1S/C14H17FN2/c1-2-17-12(9-16-11-6-7-11)8-10-4-3-5-13(15)14(10)17/h3-5,8,11,16H,2,6-7,9H2,1H3. The molecule has 1 heterocycles. The maximum absolute atomic E-state index is 13.8. The molecule has 2 aromatic rings. The van der Waals surface area contributed by atoms with Crippen molar-refractivity contribution in [1.29, 1.82) is 0 Å². The second-order valence-corrected chi connectivity index (χ2v) is 4.71. The van der Waals surface area contributed by atoms with Crippen molar-refractivity contribution in [2.45, 2.75) is 38.9 Å². The van der Waals surface area contributed by atoms with Gasteiger partial charge in [0.2, 0.25) is 0 Å². The average molecular weight is 232 g/mol. The smallest absolute Gasteiger partial charge is 0.147 e. The zero-order valence-electron chi connectivity index (χ0n) is 10.0. The van der Waals surface area contributed by atoms with E-state index in [1.165, 1.54) is 24.6 Å². The lowest BCUT2D eigenvalue weighted by Crippen LogP contribution is -2.17. The molecule has 0 bridgehead atoms. The summed E-state index contributed by atoms with van der Waals surface area (Å²) in [5.41, 5.74) is 1.92. The lowest BCUT2D eigenvalue weighted by atomic mass is 10.2. The van der Waals surface area contributed by atoms with Crippen LogP contribution in [0.15, 0.2) is 24.3 Å². The van der Waals surface area contributed by atoms with Crippen LogP contribution in [-0.4, -0.2) is 10.6 Å². The minimum Gasteiger partial charge on any atom is -0.341 e. The highest BCUT2D eigenvalue weighted by Gasteiger charge is 2.21. The summed E-state index contributed by atoms with van der Waals surface area (Å²) >= 11 is 0. The number of fused-ring (bicyclic) bond motifs is 1. The fourth-order valence-corrected chi connectivity index (χ4v) is 2.38. The van der Waals surface area contributed by atoms with Gasteiger partial charge in [-0.25, -0.2) is 4.39 Å². The van der Waals surface area contributed by atoms with Gasteiger partial charge >= 0.3 is 0 Å². The molecule has 0 amide bonds. The van der Waals surface area contributed by atoms with Gasteiger partial charge in [0.1, 0.15) is 5.82 Å². The second-order valence-electron chi connectivity index (χ2n) is 4.71. The van der Waals surface area contributed by atoms with Crippen LogP contribution in [0.25, 0.3) is 10.9 Å². The number of aryl methyl sites for hydroxylation is 1. The molecule has 1 aliphatic carbocycles. The van der Waals surface area contributed by atoms with Crippen molar-refractivity contribution < 1.29 is 4.39 Å². The molecule has 3 heteroatoms. The van der Waals surface area contributed by atoms with Gasteiger partial charge in [0, 0.05) is 30.2 Å². The quantitative estimate of drug-likeness (QED) is 0.857. The fourth-order valence-electron chi connectivity index (χ4n) is 2.38. The topological polar surface area (TPSA) is 17.0 Å². The third kappa shape index (κ3) is 1.95. The number of hydrogen-bond acceptors (Lipinski definition) is 1. The molecule has 0 radical (unpaired) electrons. The van der Waals surface area contributed by atoms with Crippen molar-refractivity contribution in [3.8, 4) is 0 Å². The van der Waals surface area contributed by atoms with Crippen molar-refractivity contribution in [2.75, 3.05) is 0 Å². The van der Waals surface area contributed by atoms with Gasteiger partial charge < -0.3 is 9.88 Å². The van der Waals surface area contributed by atoms with Gasteiger partial charge in [-0.05, 0) is 31.9 Å². The van der Waals surface area contributed by atoms with E-state index in [2.05, 4.69) is 22.9 Å². The molecule has 0 atom stereocenters. The number of hydrogen-bond donors (Lipinski definition) is 1. The first kappa shape index (κ1) is 10.8. The Kier molecular flexibility index (Phi) is 2.63. The molecule has 17 heavy (non-hydrogen) atoms. The van der Waals surface area contributed by atoms with Crippen LogP contribution in [0.5, 0.6) is 0 Å². The van der Waals surface area contributed by atoms with Crippen LogP contribution in [0.3, 0.4) is 0 Å². The van der Waals surface area contributed by atoms with E-state index < -0.39 is 0 Å².